The summed E-state index contributed by atoms with van der Waals surface area (Å²) < 4.78 is 2.81. The molecule has 1 aromatic heterocycles. The third kappa shape index (κ3) is 3.80. The van der Waals surface area contributed by atoms with Crippen molar-refractivity contribution < 1.29 is 9.90 Å². The Kier molecular flexibility index (Phi) is 5.01. The number of carbonyl (C=O) groups is 1. The molecule has 0 aliphatic carbocycles. The standard InChI is InChI=1S/C18H15ClIN3O2/c1-10-7-11(2)23(22-10)17-9-16(14(18(24)25)8-15(17)19)21-13-5-3-12(20)4-6-13/h3-9,21H,1-2H3,(H,24,25). The van der Waals surface area contributed by atoms with Gasteiger partial charge in [-0.25, -0.2) is 9.48 Å². The van der Waals surface area contributed by atoms with Crippen molar-refractivity contribution in [2.45, 2.75) is 13.8 Å². The van der Waals surface area contributed by atoms with E-state index in [4.69, 9.17) is 11.6 Å². The molecule has 0 saturated heterocycles. The lowest BCUT2D eigenvalue weighted by molar-refractivity contribution is 0.0698. The molecule has 0 aliphatic heterocycles. The van der Waals surface area contributed by atoms with Crippen molar-refractivity contribution in [3.05, 3.63) is 68.0 Å². The fourth-order valence-corrected chi connectivity index (χ4v) is 3.17. The molecule has 0 amide bonds. The molecule has 0 radical (unpaired) electrons. The van der Waals surface area contributed by atoms with Gasteiger partial charge in [-0.1, -0.05) is 11.6 Å². The SMILES string of the molecule is Cc1cc(C)n(-c2cc(Nc3ccc(I)cc3)c(C(=O)O)cc2Cl)n1. The van der Waals surface area contributed by atoms with Crippen molar-refractivity contribution in [2.24, 2.45) is 0 Å². The molecule has 0 spiro atoms. The zero-order valence-corrected chi connectivity index (χ0v) is 16.5. The van der Waals surface area contributed by atoms with Gasteiger partial charge >= 0.3 is 5.97 Å². The fourth-order valence-electron chi connectivity index (χ4n) is 2.57. The van der Waals surface area contributed by atoms with Gasteiger partial charge in [-0.05, 0) is 78.9 Å². The molecule has 0 aliphatic rings. The van der Waals surface area contributed by atoms with Gasteiger partial charge in [-0.3, -0.25) is 0 Å². The van der Waals surface area contributed by atoms with E-state index in [1.807, 2.05) is 44.2 Å². The fraction of sp³-hybridized carbons (Fsp3) is 0.111. The first-order valence-electron chi connectivity index (χ1n) is 7.48. The van der Waals surface area contributed by atoms with Crippen LogP contribution in [0.25, 0.3) is 5.69 Å². The Morgan fingerprint density at radius 3 is 2.44 bits per heavy atom. The highest BCUT2D eigenvalue weighted by atomic mass is 127. The molecule has 25 heavy (non-hydrogen) atoms. The van der Waals surface area contributed by atoms with Gasteiger partial charge in [0.1, 0.15) is 0 Å². The van der Waals surface area contributed by atoms with Crippen LogP contribution in [0, 0.1) is 17.4 Å². The van der Waals surface area contributed by atoms with E-state index in [0.29, 0.717) is 16.4 Å². The summed E-state index contributed by atoms with van der Waals surface area (Å²) in [5, 5.41) is 17.4. The van der Waals surface area contributed by atoms with E-state index in [-0.39, 0.29) is 5.56 Å². The Labute approximate surface area is 163 Å². The molecule has 0 atom stereocenters. The Morgan fingerprint density at radius 1 is 1.20 bits per heavy atom. The van der Waals surface area contributed by atoms with Crippen LogP contribution in [0.2, 0.25) is 5.02 Å². The van der Waals surface area contributed by atoms with Crippen molar-refractivity contribution in [1.29, 1.82) is 0 Å². The molecule has 3 aromatic rings. The summed E-state index contributed by atoms with van der Waals surface area (Å²) in [6.45, 7) is 3.82. The number of aromatic carboxylic acids is 1. The lowest BCUT2D eigenvalue weighted by Gasteiger charge is -2.14. The molecular formula is C18H15ClIN3O2. The minimum atomic E-state index is -1.05. The van der Waals surface area contributed by atoms with Gasteiger partial charge in [0.05, 0.1) is 27.7 Å². The highest BCUT2D eigenvalue weighted by Crippen LogP contribution is 2.31. The van der Waals surface area contributed by atoms with Gasteiger partial charge in [0.25, 0.3) is 0 Å². The minimum absolute atomic E-state index is 0.105. The number of nitrogens with one attached hydrogen (secondary N) is 1. The average molecular weight is 468 g/mol. The molecule has 0 unspecified atom stereocenters. The molecular weight excluding hydrogens is 453 g/mol. The molecule has 3 rings (SSSR count). The van der Waals surface area contributed by atoms with Crippen LogP contribution in [0.4, 0.5) is 11.4 Å². The second kappa shape index (κ2) is 7.05. The molecule has 1 heterocycles. The van der Waals surface area contributed by atoms with Crippen LogP contribution in [-0.4, -0.2) is 20.9 Å². The number of hydrogen-bond donors (Lipinski definition) is 2. The van der Waals surface area contributed by atoms with Crippen LogP contribution in [-0.2, 0) is 0 Å². The predicted molar refractivity (Wildman–Crippen MR) is 107 cm³/mol. The lowest BCUT2D eigenvalue weighted by Crippen LogP contribution is -2.07. The highest BCUT2D eigenvalue weighted by molar-refractivity contribution is 14.1. The van der Waals surface area contributed by atoms with Crippen LogP contribution in [0.3, 0.4) is 0 Å². The van der Waals surface area contributed by atoms with Gasteiger partial charge < -0.3 is 10.4 Å². The minimum Gasteiger partial charge on any atom is -0.478 e. The van der Waals surface area contributed by atoms with Crippen LogP contribution >= 0.6 is 34.2 Å². The van der Waals surface area contributed by atoms with Crippen molar-refractivity contribution in [3.63, 3.8) is 0 Å². The third-order valence-corrected chi connectivity index (χ3v) is 4.70. The Balaban J connectivity index is 2.11. The summed E-state index contributed by atoms with van der Waals surface area (Å²) in [6, 6.07) is 12.8. The highest BCUT2D eigenvalue weighted by Gasteiger charge is 2.17. The average Bonchev–Trinajstić information content (AvgIpc) is 2.89. The first-order chi connectivity index (χ1) is 11.8. The van der Waals surface area contributed by atoms with E-state index in [9.17, 15) is 9.90 Å². The number of aromatic nitrogens is 2. The number of carboxylic acids is 1. The van der Waals surface area contributed by atoms with Crippen LogP contribution in [0.15, 0.2) is 42.5 Å². The first kappa shape index (κ1) is 17.8. The number of nitrogens with zero attached hydrogens (tertiary/aromatic N) is 2. The number of halogens is 2. The van der Waals surface area contributed by atoms with Crippen LogP contribution in [0.1, 0.15) is 21.7 Å². The normalized spacial score (nSPS) is 10.7. The number of carboxylic acid groups (broad SMARTS) is 1. The van der Waals surface area contributed by atoms with E-state index in [0.717, 1.165) is 20.6 Å². The summed E-state index contributed by atoms with van der Waals surface area (Å²) in [5.41, 5.74) is 3.77. The zero-order chi connectivity index (χ0) is 18.1. The molecule has 2 aromatic carbocycles. The predicted octanol–water partition coefficient (Wildman–Crippen LogP) is 5.19. The lowest BCUT2D eigenvalue weighted by atomic mass is 10.1. The second-order valence-electron chi connectivity index (χ2n) is 5.63. The number of anilines is 2. The van der Waals surface area contributed by atoms with Crippen molar-refractivity contribution >= 4 is 51.5 Å². The van der Waals surface area contributed by atoms with Gasteiger partial charge in [-0.15, -0.1) is 0 Å². The number of benzene rings is 2. The summed E-state index contributed by atoms with van der Waals surface area (Å²) in [4.78, 5) is 11.6. The maximum atomic E-state index is 11.6. The monoisotopic (exact) mass is 467 g/mol. The van der Waals surface area contributed by atoms with Gasteiger partial charge in [0.2, 0.25) is 0 Å². The van der Waals surface area contributed by atoms with E-state index < -0.39 is 5.97 Å². The van der Waals surface area contributed by atoms with E-state index in [2.05, 4.69) is 33.0 Å². The number of hydrogen-bond acceptors (Lipinski definition) is 3. The van der Waals surface area contributed by atoms with Gasteiger partial charge in [-0.2, -0.15) is 5.10 Å². The maximum absolute atomic E-state index is 11.6. The largest absolute Gasteiger partial charge is 0.478 e. The summed E-state index contributed by atoms with van der Waals surface area (Å²) in [5.74, 6) is -1.05. The number of aryl methyl sites for hydroxylation is 2. The summed E-state index contributed by atoms with van der Waals surface area (Å²) in [6.07, 6.45) is 0. The molecule has 5 nitrogen and oxygen atoms in total. The molecule has 0 bridgehead atoms. The Hall–Kier alpha value is -2.06. The maximum Gasteiger partial charge on any atom is 0.337 e. The van der Waals surface area contributed by atoms with Crippen LogP contribution < -0.4 is 5.32 Å². The smallest absolute Gasteiger partial charge is 0.337 e. The molecule has 128 valence electrons. The van der Waals surface area contributed by atoms with Gasteiger partial charge in [0.15, 0.2) is 0 Å². The molecule has 7 heteroatoms. The zero-order valence-electron chi connectivity index (χ0n) is 13.5. The van der Waals surface area contributed by atoms with Crippen molar-refractivity contribution in [1.82, 2.24) is 9.78 Å². The quantitative estimate of drug-likeness (QED) is 0.518. The van der Waals surface area contributed by atoms with Crippen molar-refractivity contribution in [3.8, 4) is 5.69 Å². The first-order valence-corrected chi connectivity index (χ1v) is 8.94. The molecule has 0 saturated carbocycles. The molecule has 2 N–H and O–H groups in total. The van der Waals surface area contributed by atoms with Crippen molar-refractivity contribution in [2.75, 3.05) is 5.32 Å². The Bertz CT molecular complexity index is 952. The topological polar surface area (TPSA) is 67.2 Å². The third-order valence-electron chi connectivity index (χ3n) is 3.68. The molecule has 0 fully saturated rings. The number of rotatable bonds is 4. The van der Waals surface area contributed by atoms with Crippen LogP contribution in [0.5, 0.6) is 0 Å². The van der Waals surface area contributed by atoms with Gasteiger partial charge in [0, 0.05) is 15.0 Å². The van der Waals surface area contributed by atoms with E-state index in [1.54, 1.807) is 10.7 Å². The summed E-state index contributed by atoms with van der Waals surface area (Å²) >= 11 is 8.55. The van der Waals surface area contributed by atoms with E-state index >= 15 is 0 Å². The Morgan fingerprint density at radius 2 is 1.88 bits per heavy atom. The van der Waals surface area contributed by atoms with E-state index in [1.165, 1.54) is 6.07 Å². The second-order valence-corrected chi connectivity index (χ2v) is 7.28. The summed E-state index contributed by atoms with van der Waals surface area (Å²) in [7, 11) is 0.